The van der Waals surface area contributed by atoms with Crippen LogP contribution in [0.15, 0.2) is 77.0 Å². The number of hydrogen-bond donors (Lipinski definition) is 2. The van der Waals surface area contributed by atoms with E-state index < -0.39 is 0 Å². The Balaban J connectivity index is 1.21. The molecular weight excluding hydrogens is 432 g/mol. The van der Waals surface area contributed by atoms with E-state index in [4.69, 9.17) is 12.2 Å². The van der Waals surface area contributed by atoms with Gasteiger partial charge in [0.05, 0.1) is 12.1 Å². The third kappa shape index (κ3) is 6.27. The highest BCUT2D eigenvalue weighted by atomic mass is 32.1. The SMILES string of the molecule is O=C1CC(c2ccccc2)CC(O)=C1C=NCCN1CCN(C(=S)Nc2ccccc2)CC1. The van der Waals surface area contributed by atoms with Crippen LogP contribution in [0.25, 0.3) is 0 Å². The quantitative estimate of drug-likeness (QED) is 0.499. The van der Waals surface area contributed by atoms with Crippen LogP contribution in [0.1, 0.15) is 24.3 Å². The molecule has 2 aromatic rings. The summed E-state index contributed by atoms with van der Waals surface area (Å²) < 4.78 is 0. The summed E-state index contributed by atoms with van der Waals surface area (Å²) >= 11 is 5.55. The van der Waals surface area contributed by atoms with Crippen molar-refractivity contribution in [1.29, 1.82) is 0 Å². The molecule has 1 fully saturated rings. The molecule has 0 bridgehead atoms. The Morgan fingerprint density at radius 3 is 2.36 bits per heavy atom. The van der Waals surface area contributed by atoms with Crippen molar-refractivity contribution in [3.8, 4) is 0 Å². The number of ketones is 1. The highest BCUT2D eigenvalue weighted by molar-refractivity contribution is 7.80. The molecule has 0 spiro atoms. The van der Waals surface area contributed by atoms with Gasteiger partial charge >= 0.3 is 0 Å². The fourth-order valence-electron chi connectivity index (χ4n) is 4.27. The molecule has 1 unspecified atom stereocenters. The Labute approximate surface area is 200 Å². The maximum absolute atomic E-state index is 12.6. The first kappa shape index (κ1) is 23.1. The number of thiocarbonyl (C=S) groups is 1. The van der Waals surface area contributed by atoms with Gasteiger partial charge in [-0.15, -0.1) is 0 Å². The molecule has 7 heteroatoms. The maximum Gasteiger partial charge on any atom is 0.173 e. The van der Waals surface area contributed by atoms with Crippen molar-refractivity contribution in [2.75, 3.05) is 44.6 Å². The first-order chi connectivity index (χ1) is 16.1. The number of benzene rings is 2. The molecule has 0 aromatic heterocycles. The summed E-state index contributed by atoms with van der Waals surface area (Å²) in [5.74, 6) is 0.149. The van der Waals surface area contributed by atoms with Crippen LogP contribution in [0.5, 0.6) is 0 Å². The van der Waals surface area contributed by atoms with Crippen LogP contribution in [0.2, 0.25) is 0 Å². The lowest BCUT2D eigenvalue weighted by Crippen LogP contribution is -2.50. The largest absolute Gasteiger partial charge is 0.511 e. The van der Waals surface area contributed by atoms with Gasteiger partial charge in [-0.2, -0.15) is 0 Å². The van der Waals surface area contributed by atoms with Crippen molar-refractivity contribution in [1.82, 2.24) is 9.80 Å². The Morgan fingerprint density at radius 1 is 1.03 bits per heavy atom. The lowest BCUT2D eigenvalue weighted by atomic mass is 9.83. The molecule has 1 aliphatic heterocycles. The summed E-state index contributed by atoms with van der Waals surface area (Å²) in [7, 11) is 0. The highest BCUT2D eigenvalue weighted by Gasteiger charge is 2.27. The van der Waals surface area contributed by atoms with Gasteiger partial charge in [-0.25, -0.2) is 0 Å². The number of aliphatic hydroxyl groups is 1. The molecule has 2 N–H and O–H groups in total. The van der Waals surface area contributed by atoms with Crippen LogP contribution in [0, 0.1) is 0 Å². The number of Topliss-reactive ketones (excluding diaryl/α,β-unsaturated/α-hetero) is 1. The van der Waals surface area contributed by atoms with Gasteiger partial charge in [-0.3, -0.25) is 14.7 Å². The summed E-state index contributed by atoms with van der Waals surface area (Å²) in [6.45, 7) is 4.98. The second-order valence-electron chi connectivity index (χ2n) is 8.46. The molecular formula is C26H30N4O2S. The third-order valence-corrected chi connectivity index (χ3v) is 6.56. The van der Waals surface area contributed by atoms with Gasteiger partial charge in [0.15, 0.2) is 10.9 Å². The molecule has 2 aromatic carbocycles. The number of para-hydroxylation sites is 1. The lowest BCUT2D eigenvalue weighted by molar-refractivity contribution is -0.116. The van der Waals surface area contributed by atoms with Gasteiger partial charge in [-0.1, -0.05) is 48.5 Å². The van der Waals surface area contributed by atoms with Gasteiger partial charge in [0.2, 0.25) is 0 Å². The van der Waals surface area contributed by atoms with Gasteiger partial charge in [-0.05, 0) is 35.8 Å². The smallest absolute Gasteiger partial charge is 0.173 e. The number of anilines is 1. The summed E-state index contributed by atoms with van der Waals surface area (Å²) in [6.07, 6.45) is 2.46. The molecule has 6 nitrogen and oxygen atoms in total. The number of carbonyl (C=O) groups is 1. The van der Waals surface area contributed by atoms with E-state index in [-0.39, 0.29) is 17.5 Å². The van der Waals surface area contributed by atoms with Crippen molar-refractivity contribution in [3.63, 3.8) is 0 Å². The van der Waals surface area contributed by atoms with E-state index in [1.54, 1.807) is 6.21 Å². The van der Waals surface area contributed by atoms with Crippen molar-refractivity contribution in [3.05, 3.63) is 77.6 Å². The first-order valence-corrected chi connectivity index (χ1v) is 11.8. The predicted octanol–water partition coefficient (Wildman–Crippen LogP) is 4.03. The second kappa shape index (κ2) is 11.2. The average molecular weight is 463 g/mol. The second-order valence-corrected chi connectivity index (χ2v) is 8.85. The zero-order valence-corrected chi connectivity index (χ0v) is 19.5. The maximum atomic E-state index is 12.6. The molecule has 4 rings (SSSR count). The van der Waals surface area contributed by atoms with Gasteiger partial charge in [0.25, 0.3) is 0 Å². The van der Waals surface area contributed by atoms with Crippen LogP contribution in [-0.2, 0) is 4.79 Å². The van der Waals surface area contributed by atoms with Crippen LogP contribution >= 0.6 is 12.2 Å². The zero-order valence-electron chi connectivity index (χ0n) is 18.7. The Morgan fingerprint density at radius 2 is 1.70 bits per heavy atom. The molecule has 1 atom stereocenters. The zero-order chi connectivity index (χ0) is 23.0. The Bertz CT molecular complexity index is 1020. The first-order valence-electron chi connectivity index (χ1n) is 11.4. The van der Waals surface area contributed by atoms with Crippen LogP contribution in [-0.4, -0.2) is 71.3 Å². The van der Waals surface area contributed by atoms with E-state index in [9.17, 15) is 9.90 Å². The molecule has 1 heterocycles. The normalized spacial score (nSPS) is 19.8. The minimum atomic E-state index is -0.0376. The van der Waals surface area contributed by atoms with Gasteiger partial charge < -0.3 is 15.3 Å². The number of carbonyl (C=O) groups excluding carboxylic acids is 1. The fourth-order valence-corrected chi connectivity index (χ4v) is 4.57. The van der Waals surface area contributed by atoms with Gasteiger partial charge in [0.1, 0.15) is 5.76 Å². The number of piperazine rings is 1. The number of allylic oxidation sites excluding steroid dienone is 2. The van der Waals surface area contributed by atoms with Crippen molar-refractivity contribution >= 4 is 35.0 Å². The summed E-state index contributed by atoms with van der Waals surface area (Å²) in [5.41, 5.74) is 2.46. The minimum absolute atomic E-state index is 0.0367. The molecule has 172 valence electrons. The Kier molecular flexibility index (Phi) is 7.86. The van der Waals surface area contributed by atoms with Crippen LogP contribution < -0.4 is 5.32 Å². The van der Waals surface area contributed by atoms with Crippen molar-refractivity contribution in [2.45, 2.75) is 18.8 Å². The van der Waals surface area contributed by atoms with E-state index in [1.807, 2.05) is 60.7 Å². The number of nitrogens with one attached hydrogen (secondary N) is 1. The molecule has 1 saturated heterocycles. The topological polar surface area (TPSA) is 68.2 Å². The number of aliphatic imine (C=N–C) groups is 1. The van der Waals surface area contributed by atoms with Gasteiger partial charge in [0, 0.05) is 57.5 Å². The van der Waals surface area contributed by atoms with E-state index in [1.165, 1.54) is 0 Å². The predicted molar refractivity (Wildman–Crippen MR) is 137 cm³/mol. The third-order valence-electron chi connectivity index (χ3n) is 6.20. The summed E-state index contributed by atoms with van der Waals surface area (Å²) in [5, 5.41) is 14.5. The molecule has 33 heavy (non-hydrogen) atoms. The number of rotatable bonds is 6. The molecule has 0 amide bonds. The number of hydrogen-bond acceptors (Lipinski definition) is 5. The van der Waals surface area contributed by atoms with E-state index >= 15 is 0 Å². The van der Waals surface area contributed by atoms with Crippen LogP contribution in [0.3, 0.4) is 0 Å². The van der Waals surface area contributed by atoms with Crippen molar-refractivity contribution in [2.24, 2.45) is 4.99 Å². The monoisotopic (exact) mass is 462 g/mol. The lowest BCUT2D eigenvalue weighted by Gasteiger charge is -2.36. The van der Waals surface area contributed by atoms with Crippen LogP contribution in [0.4, 0.5) is 5.69 Å². The average Bonchev–Trinajstić information content (AvgIpc) is 2.84. The summed E-state index contributed by atoms with van der Waals surface area (Å²) in [4.78, 5) is 21.6. The van der Waals surface area contributed by atoms with E-state index in [0.717, 1.165) is 49.1 Å². The minimum Gasteiger partial charge on any atom is -0.511 e. The highest BCUT2D eigenvalue weighted by Crippen LogP contribution is 2.32. The van der Waals surface area contributed by atoms with E-state index in [2.05, 4.69) is 20.1 Å². The van der Waals surface area contributed by atoms with E-state index in [0.29, 0.717) is 25.0 Å². The molecule has 2 aliphatic rings. The molecule has 0 saturated carbocycles. The summed E-state index contributed by atoms with van der Waals surface area (Å²) in [6, 6.07) is 19.9. The Hall–Kier alpha value is -3.03. The standard InChI is InChI=1S/C26H30N4O2S/c31-24-17-21(20-7-3-1-4-8-20)18-25(32)23(24)19-27-11-12-29-13-15-30(16-14-29)26(33)28-22-9-5-2-6-10-22/h1-10,19,21,31H,11-18H2,(H,28,33). The number of nitrogens with zero attached hydrogens (tertiary/aromatic N) is 3. The van der Waals surface area contributed by atoms with Crippen molar-refractivity contribution < 1.29 is 9.90 Å². The number of aliphatic hydroxyl groups excluding tert-OH is 1. The molecule has 1 aliphatic carbocycles. The fraction of sp³-hybridized carbons (Fsp3) is 0.346. The molecule has 0 radical (unpaired) electrons.